The lowest BCUT2D eigenvalue weighted by Gasteiger charge is -2.34. The van der Waals surface area contributed by atoms with Gasteiger partial charge in [-0.15, -0.1) is 0 Å². The molecule has 0 unspecified atom stereocenters. The number of methoxy groups -OCH3 is 1. The quantitative estimate of drug-likeness (QED) is 0.419. The van der Waals surface area contributed by atoms with Crippen LogP contribution < -0.4 is 11.1 Å². The highest BCUT2D eigenvalue weighted by Gasteiger charge is 2.44. The van der Waals surface area contributed by atoms with Gasteiger partial charge in [0, 0.05) is 36.8 Å². The minimum Gasteiger partial charge on any atom is -0.453 e. The highest BCUT2D eigenvalue weighted by molar-refractivity contribution is 7.88. The number of nitrogens with zero attached hydrogens (tertiary/aromatic N) is 3. The van der Waals surface area contributed by atoms with Gasteiger partial charge in [-0.05, 0) is 81.4 Å². The molecule has 1 aromatic heterocycles. The smallest absolute Gasteiger partial charge is 0.411 e. The Balaban J connectivity index is 1.36. The van der Waals surface area contributed by atoms with Gasteiger partial charge in [-0.3, -0.25) is 10.1 Å². The van der Waals surface area contributed by atoms with Crippen LogP contribution in [0.3, 0.4) is 0 Å². The van der Waals surface area contributed by atoms with E-state index in [1.165, 1.54) is 13.4 Å². The fraction of sp³-hybridized carbons (Fsp3) is 0.621. The number of carbonyl (C=O) groups is 2. The van der Waals surface area contributed by atoms with E-state index in [9.17, 15) is 18.0 Å². The fourth-order valence-corrected chi connectivity index (χ4v) is 8.00. The molecule has 11 nitrogen and oxygen atoms in total. The monoisotopic (exact) mass is 620 g/mol. The summed E-state index contributed by atoms with van der Waals surface area (Å²) >= 11 is 6.65. The van der Waals surface area contributed by atoms with Crippen LogP contribution in [-0.2, 0) is 19.6 Å². The maximum Gasteiger partial charge on any atom is 0.411 e. The van der Waals surface area contributed by atoms with Crippen molar-refractivity contribution in [2.24, 2.45) is 29.4 Å². The fourth-order valence-electron chi connectivity index (χ4n) is 6.88. The number of H-pyrrole nitrogens is 1. The molecule has 230 valence electrons. The molecular formula is C29H41ClN6O5S. The number of carbonyl (C=O) groups excluding carboxylic acids is 2. The summed E-state index contributed by atoms with van der Waals surface area (Å²) in [5.74, 6) is 1.86. The molecule has 3 heterocycles. The minimum atomic E-state index is -3.21. The number of rotatable bonds is 7. The van der Waals surface area contributed by atoms with Crippen molar-refractivity contribution in [2.75, 3.05) is 44.9 Å². The van der Waals surface area contributed by atoms with E-state index in [1.54, 1.807) is 16.4 Å². The lowest BCUT2D eigenvalue weighted by Crippen LogP contribution is -2.41. The summed E-state index contributed by atoms with van der Waals surface area (Å²) in [7, 11) is -1.90. The highest BCUT2D eigenvalue weighted by Crippen LogP contribution is 2.44. The lowest BCUT2D eigenvalue weighted by molar-refractivity contribution is -0.138. The molecule has 0 radical (unpaired) electrons. The number of ether oxygens (including phenoxy) is 1. The summed E-state index contributed by atoms with van der Waals surface area (Å²) in [6.07, 6.45) is 6.65. The number of aromatic amines is 1. The molecule has 3 fully saturated rings. The van der Waals surface area contributed by atoms with Crippen molar-refractivity contribution in [1.29, 1.82) is 0 Å². The molecule has 1 saturated carbocycles. The molecule has 13 heteroatoms. The third-order valence-electron chi connectivity index (χ3n) is 9.38. The number of nitrogens with one attached hydrogen (secondary N) is 2. The van der Waals surface area contributed by atoms with Crippen LogP contribution in [0.1, 0.15) is 56.8 Å². The lowest BCUT2D eigenvalue weighted by atomic mass is 9.81. The average Bonchev–Trinajstić information content (AvgIpc) is 3.61. The Morgan fingerprint density at radius 1 is 1.10 bits per heavy atom. The Morgan fingerprint density at radius 2 is 1.76 bits per heavy atom. The summed E-state index contributed by atoms with van der Waals surface area (Å²) in [4.78, 5) is 35.6. The number of sulfonamides is 1. The molecule has 4 N–H and O–H groups in total. The Hall–Kier alpha value is -2.67. The minimum absolute atomic E-state index is 0.0270. The van der Waals surface area contributed by atoms with Gasteiger partial charge in [0.25, 0.3) is 0 Å². The maximum atomic E-state index is 14.0. The van der Waals surface area contributed by atoms with Crippen molar-refractivity contribution >= 4 is 39.3 Å². The Morgan fingerprint density at radius 3 is 2.36 bits per heavy atom. The van der Waals surface area contributed by atoms with Crippen molar-refractivity contribution in [1.82, 2.24) is 19.2 Å². The first kappa shape index (κ1) is 30.8. The molecule has 3 aliphatic rings. The SMILES string of the molecule is COC(=O)Nc1ccc(-c2[nH]c([C@@H]3C[C@H](C4CCN(S(C)(=O)=O)CC4)CN3C(=O)[C@H]3CC[C@H](CN)CC3)nc2Cl)cc1. The molecule has 2 saturated heterocycles. The molecule has 2 amide bonds. The third-order valence-corrected chi connectivity index (χ3v) is 11.0. The number of benzene rings is 1. The molecule has 1 aromatic carbocycles. The number of hydrogen-bond donors (Lipinski definition) is 3. The first-order valence-electron chi connectivity index (χ1n) is 14.7. The predicted molar refractivity (Wildman–Crippen MR) is 161 cm³/mol. The number of amides is 2. The van der Waals surface area contributed by atoms with Crippen molar-refractivity contribution in [2.45, 2.75) is 51.0 Å². The van der Waals surface area contributed by atoms with Crippen LogP contribution in [0.5, 0.6) is 0 Å². The summed E-state index contributed by atoms with van der Waals surface area (Å²) in [6, 6.07) is 6.94. The van der Waals surface area contributed by atoms with Gasteiger partial charge in [0.15, 0.2) is 5.15 Å². The standard InChI is InChI=1S/C29H41ClN6O5S/c1-41-29(38)32-23-9-7-20(8-10-23)25-26(30)34-27(33-25)24-15-22(19-11-13-35(14-12-19)42(2,39)40)17-36(24)28(37)21-5-3-18(16-31)4-6-21/h7-10,18-19,21-22,24H,3-6,11-17,31H2,1-2H3,(H,32,38)(H,33,34)/t18-,21-,22-,24-/m0/s1. The van der Waals surface area contributed by atoms with E-state index in [-0.39, 0.29) is 23.8 Å². The first-order chi connectivity index (χ1) is 20.1. The molecule has 1 aliphatic carbocycles. The number of aromatic nitrogens is 2. The van der Waals surface area contributed by atoms with Crippen LogP contribution in [0.4, 0.5) is 10.5 Å². The topological polar surface area (TPSA) is 151 Å². The second-order valence-electron chi connectivity index (χ2n) is 11.9. The second kappa shape index (κ2) is 12.9. The molecular weight excluding hydrogens is 580 g/mol. The van der Waals surface area contributed by atoms with E-state index in [2.05, 4.69) is 15.0 Å². The van der Waals surface area contributed by atoms with Crippen molar-refractivity contribution in [3.8, 4) is 11.3 Å². The number of likely N-dealkylation sites (tertiary alicyclic amines) is 1. The number of imidazole rings is 1. The van der Waals surface area contributed by atoms with Crippen LogP contribution in [0.25, 0.3) is 11.3 Å². The van der Waals surface area contributed by atoms with Gasteiger partial charge in [0.05, 0.1) is 25.1 Å². The Kier molecular flexibility index (Phi) is 9.46. The van der Waals surface area contributed by atoms with Crippen LogP contribution in [0.15, 0.2) is 24.3 Å². The maximum absolute atomic E-state index is 14.0. The molecule has 2 aliphatic heterocycles. The molecule has 0 spiro atoms. The molecule has 5 rings (SSSR count). The Labute approximate surface area is 252 Å². The summed E-state index contributed by atoms with van der Waals surface area (Å²) in [6.45, 7) is 2.32. The van der Waals surface area contributed by atoms with Gasteiger partial charge in [0.2, 0.25) is 15.9 Å². The molecule has 0 bridgehead atoms. The largest absolute Gasteiger partial charge is 0.453 e. The summed E-state index contributed by atoms with van der Waals surface area (Å²) in [5, 5.41) is 2.95. The van der Waals surface area contributed by atoms with Gasteiger partial charge in [-0.25, -0.2) is 22.5 Å². The van der Waals surface area contributed by atoms with E-state index in [1.807, 2.05) is 17.0 Å². The zero-order valence-electron chi connectivity index (χ0n) is 24.2. The van der Waals surface area contributed by atoms with E-state index < -0.39 is 16.1 Å². The van der Waals surface area contributed by atoms with Gasteiger partial charge in [-0.1, -0.05) is 23.7 Å². The number of nitrogens with two attached hydrogens (primary N) is 1. The van der Waals surface area contributed by atoms with Crippen molar-refractivity contribution < 1.29 is 22.7 Å². The van der Waals surface area contributed by atoms with E-state index >= 15 is 0 Å². The Bertz CT molecular complexity index is 1370. The number of hydrogen-bond acceptors (Lipinski definition) is 7. The highest BCUT2D eigenvalue weighted by atomic mass is 35.5. The summed E-state index contributed by atoms with van der Waals surface area (Å²) in [5.41, 5.74) is 7.93. The zero-order valence-corrected chi connectivity index (χ0v) is 25.8. The van der Waals surface area contributed by atoms with E-state index in [0.29, 0.717) is 60.4 Å². The first-order valence-corrected chi connectivity index (χ1v) is 17.0. The van der Waals surface area contributed by atoms with Crippen LogP contribution in [0.2, 0.25) is 5.15 Å². The number of halogens is 1. The predicted octanol–water partition coefficient (Wildman–Crippen LogP) is 4.23. The van der Waals surface area contributed by atoms with Gasteiger partial charge in [0.1, 0.15) is 5.82 Å². The normalized spacial score (nSPS) is 25.9. The molecule has 42 heavy (non-hydrogen) atoms. The van der Waals surface area contributed by atoms with E-state index in [0.717, 1.165) is 50.5 Å². The van der Waals surface area contributed by atoms with Crippen LogP contribution in [-0.4, -0.2) is 79.1 Å². The summed E-state index contributed by atoms with van der Waals surface area (Å²) < 4.78 is 30.3. The van der Waals surface area contributed by atoms with Crippen LogP contribution in [0, 0.1) is 23.7 Å². The third kappa shape index (κ3) is 6.77. The van der Waals surface area contributed by atoms with Gasteiger partial charge < -0.3 is 20.4 Å². The zero-order chi connectivity index (χ0) is 30.0. The molecule has 2 aromatic rings. The average molecular weight is 621 g/mol. The number of anilines is 1. The van der Waals surface area contributed by atoms with Crippen molar-refractivity contribution in [3.63, 3.8) is 0 Å². The van der Waals surface area contributed by atoms with Gasteiger partial charge >= 0.3 is 6.09 Å². The second-order valence-corrected chi connectivity index (χ2v) is 14.3. The van der Waals surface area contributed by atoms with Crippen LogP contribution >= 0.6 is 11.6 Å². The van der Waals surface area contributed by atoms with Gasteiger partial charge in [-0.2, -0.15) is 0 Å². The van der Waals surface area contributed by atoms with E-state index in [4.69, 9.17) is 22.3 Å². The molecule has 2 atom stereocenters. The van der Waals surface area contributed by atoms with Crippen molar-refractivity contribution in [3.05, 3.63) is 35.2 Å². The number of piperidine rings is 1.